The van der Waals surface area contributed by atoms with Gasteiger partial charge in [-0.15, -0.1) is 0 Å². The number of aliphatic hydroxyl groups excluding tert-OH is 6. The molecule has 4 atom stereocenters. The lowest BCUT2D eigenvalue weighted by atomic mass is 9.93. The molecule has 0 heterocycles. The van der Waals surface area contributed by atoms with E-state index >= 15 is 0 Å². The second kappa shape index (κ2) is 13.4. The lowest BCUT2D eigenvalue weighted by molar-refractivity contribution is -0.123. The fourth-order valence-electron chi connectivity index (χ4n) is 3.46. The van der Waals surface area contributed by atoms with Crippen molar-refractivity contribution in [1.29, 1.82) is 0 Å². The summed E-state index contributed by atoms with van der Waals surface area (Å²) < 4.78 is 0. The van der Waals surface area contributed by atoms with Crippen molar-refractivity contribution in [3.05, 3.63) is 76.9 Å². The van der Waals surface area contributed by atoms with Crippen LogP contribution in [-0.2, 0) is 0 Å². The molecule has 1 aliphatic rings. The summed E-state index contributed by atoms with van der Waals surface area (Å²) >= 11 is 0. The van der Waals surface area contributed by atoms with Gasteiger partial charge < -0.3 is 35.5 Å². The quantitative estimate of drug-likeness (QED) is 0.298. The van der Waals surface area contributed by atoms with Crippen molar-refractivity contribution >= 4 is 17.7 Å². The zero-order valence-electron chi connectivity index (χ0n) is 19.1. The van der Waals surface area contributed by atoms with Gasteiger partial charge in [-0.25, -0.2) is 0 Å². The molecule has 0 aliphatic heterocycles. The predicted molar refractivity (Wildman–Crippen MR) is 130 cm³/mol. The van der Waals surface area contributed by atoms with Crippen LogP contribution in [0.3, 0.4) is 0 Å². The van der Waals surface area contributed by atoms with Gasteiger partial charge >= 0.3 is 0 Å². The van der Waals surface area contributed by atoms with Crippen LogP contribution in [0.4, 0.5) is 0 Å². The highest BCUT2D eigenvalue weighted by atomic mass is 16.4. The molecule has 2 aromatic rings. The lowest BCUT2D eigenvalue weighted by Crippen LogP contribution is -2.46. The van der Waals surface area contributed by atoms with Crippen molar-refractivity contribution in [3.8, 4) is 0 Å². The van der Waals surface area contributed by atoms with Crippen LogP contribution < -0.4 is 0 Å². The van der Waals surface area contributed by atoms with Crippen LogP contribution in [0.25, 0.3) is 17.7 Å². The highest BCUT2D eigenvalue weighted by Gasteiger charge is 2.29. The third kappa shape index (κ3) is 7.58. The monoisotopic (exact) mass is 457 g/mol. The molecule has 0 spiro atoms. The zero-order chi connectivity index (χ0) is 24.4. The number of hydrogen-bond donors (Lipinski definition) is 6. The van der Waals surface area contributed by atoms with Crippen LogP contribution in [0, 0.1) is 0 Å². The Balaban J connectivity index is 0.000000277. The maximum Gasteiger partial charge on any atom is 0.111 e. The van der Waals surface area contributed by atoms with Gasteiger partial charge in [-0.05, 0) is 48.3 Å². The molecule has 33 heavy (non-hydrogen) atoms. The number of hydrogen-bond acceptors (Lipinski definition) is 7. The highest BCUT2D eigenvalue weighted by Crippen LogP contribution is 2.33. The second-order valence-electron chi connectivity index (χ2n) is 8.20. The van der Waals surface area contributed by atoms with Crippen LogP contribution in [0.2, 0.25) is 0 Å². The SMILES string of the molecule is CN(C)CCC=C1c2ccccc2C=Cc2ccccc21.OCC(O)C(O)C(O)C(O)CO. The molecule has 0 radical (unpaired) electrons. The van der Waals surface area contributed by atoms with Crippen molar-refractivity contribution in [2.45, 2.75) is 30.8 Å². The Labute approximate surface area is 195 Å². The number of fused-ring (bicyclic) bond motifs is 2. The zero-order valence-corrected chi connectivity index (χ0v) is 19.1. The molecule has 3 rings (SSSR count). The summed E-state index contributed by atoms with van der Waals surface area (Å²) in [7, 11) is 4.24. The fraction of sp³-hybridized carbons (Fsp3) is 0.385. The maximum atomic E-state index is 8.96. The molecule has 4 unspecified atom stereocenters. The largest absolute Gasteiger partial charge is 0.394 e. The Morgan fingerprint density at radius 3 is 1.55 bits per heavy atom. The van der Waals surface area contributed by atoms with Crippen LogP contribution in [0.1, 0.15) is 28.7 Å². The first kappa shape index (κ1) is 26.9. The molecule has 0 fully saturated rings. The molecular formula is C26H35NO6. The summed E-state index contributed by atoms with van der Waals surface area (Å²) in [4.78, 5) is 2.23. The van der Waals surface area contributed by atoms with Gasteiger partial charge in [-0.3, -0.25) is 0 Å². The van der Waals surface area contributed by atoms with Gasteiger partial charge in [0.15, 0.2) is 0 Å². The minimum absolute atomic E-state index is 0.726. The average Bonchev–Trinajstić information content (AvgIpc) is 2.99. The highest BCUT2D eigenvalue weighted by molar-refractivity contribution is 5.93. The summed E-state index contributed by atoms with van der Waals surface area (Å²) in [5.74, 6) is 0. The van der Waals surface area contributed by atoms with Crippen LogP contribution in [-0.4, -0.2) is 93.8 Å². The first-order valence-corrected chi connectivity index (χ1v) is 11.0. The van der Waals surface area contributed by atoms with Gasteiger partial charge in [0.2, 0.25) is 0 Å². The molecule has 0 bridgehead atoms. The molecule has 0 amide bonds. The smallest absolute Gasteiger partial charge is 0.111 e. The number of benzene rings is 2. The van der Waals surface area contributed by atoms with Crippen LogP contribution >= 0.6 is 0 Å². The lowest BCUT2D eigenvalue weighted by Gasteiger charge is -2.24. The van der Waals surface area contributed by atoms with E-state index in [0.29, 0.717) is 0 Å². The Bertz CT molecular complexity index is 861. The van der Waals surface area contributed by atoms with E-state index in [1.54, 1.807) is 0 Å². The summed E-state index contributed by atoms with van der Waals surface area (Å²) in [5.41, 5.74) is 6.61. The first-order valence-electron chi connectivity index (χ1n) is 11.0. The van der Waals surface area contributed by atoms with E-state index in [4.69, 9.17) is 30.6 Å². The van der Waals surface area contributed by atoms with Crippen molar-refractivity contribution in [2.24, 2.45) is 0 Å². The Morgan fingerprint density at radius 1 is 0.727 bits per heavy atom. The fourth-order valence-corrected chi connectivity index (χ4v) is 3.46. The van der Waals surface area contributed by atoms with E-state index in [1.807, 2.05) is 0 Å². The topological polar surface area (TPSA) is 125 Å². The third-order valence-corrected chi connectivity index (χ3v) is 5.38. The van der Waals surface area contributed by atoms with Gasteiger partial charge in [0.25, 0.3) is 0 Å². The minimum atomic E-state index is -1.67. The Kier molecular flexibility index (Phi) is 10.9. The van der Waals surface area contributed by atoms with E-state index in [2.05, 4.69) is 85.8 Å². The van der Waals surface area contributed by atoms with E-state index in [9.17, 15) is 0 Å². The molecule has 0 saturated heterocycles. The molecule has 1 aliphatic carbocycles. The third-order valence-electron chi connectivity index (χ3n) is 5.38. The minimum Gasteiger partial charge on any atom is -0.394 e. The molecule has 6 N–H and O–H groups in total. The molecule has 7 nitrogen and oxygen atoms in total. The van der Waals surface area contributed by atoms with Gasteiger partial charge in [0, 0.05) is 6.54 Å². The van der Waals surface area contributed by atoms with Crippen molar-refractivity contribution < 1.29 is 30.6 Å². The van der Waals surface area contributed by atoms with E-state index in [0.717, 1.165) is 13.0 Å². The van der Waals surface area contributed by atoms with E-state index < -0.39 is 37.6 Å². The van der Waals surface area contributed by atoms with Crippen LogP contribution in [0.15, 0.2) is 54.6 Å². The molecule has 2 aromatic carbocycles. The molecular weight excluding hydrogens is 422 g/mol. The van der Waals surface area contributed by atoms with Crippen molar-refractivity contribution in [2.75, 3.05) is 33.9 Å². The molecule has 0 saturated carbocycles. The number of aliphatic hydroxyl groups is 6. The number of rotatable bonds is 8. The summed E-state index contributed by atoms with van der Waals surface area (Å²) in [6.45, 7) is -0.381. The average molecular weight is 458 g/mol. The van der Waals surface area contributed by atoms with Gasteiger partial charge in [-0.2, -0.15) is 0 Å². The van der Waals surface area contributed by atoms with E-state index in [1.165, 1.54) is 27.8 Å². The predicted octanol–water partition coefficient (Wildman–Crippen LogP) is 0.968. The van der Waals surface area contributed by atoms with Crippen molar-refractivity contribution in [3.63, 3.8) is 0 Å². The van der Waals surface area contributed by atoms with Crippen LogP contribution in [0.5, 0.6) is 0 Å². The standard InChI is InChI=1S/C20H21N.C6H14O6/c1-21(2)15-7-12-20-18-10-5-3-8-16(18)13-14-17-9-4-6-11-19(17)20;7-1-3(9)5(11)6(12)4(10)2-8/h3-6,8-14H,7,15H2,1-2H3;3-12H,1-2H2. The van der Waals surface area contributed by atoms with Crippen molar-refractivity contribution in [1.82, 2.24) is 4.90 Å². The molecule has 7 heteroatoms. The van der Waals surface area contributed by atoms with Gasteiger partial charge in [-0.1, -0.05) is 66.8 Å². The number of nitrogens with zero attached hydrogens (tertiary/aromatic N) is 1. The Hall–Kier alpha value is -2.36. The summed E-state index contributed by atoms with van der Waals surface area (Å²) in [6.07, 6.45) is 1.49. The summed E-state index contributed by atoms with van der Waals surface area (Å²) in [5, 5.41) is 52.2. The van der Waals surface area contributed by atoms with E-state index in [-0.39, 0.29) is 0 Å². The normalized spacial score (nSPS) is 16.0. The Morgan fingerprint density at radius 2 is 1.15 bits per heavy atom. The van der Waals surface area contributed by atoms with Gasteiger partial charge in [0.1, 0.15) is 24.4 Å². The molecule has 180 valence electrons. The maximum absolute atomic E-state index is 8.96. The second-order valence-corrected chi connectivity index (χ2v) is 8.20. The first-order chi connectivity index (χ1) is 15.8. The molecule has 0 aromatic heterocycles. The van der Waals surface area contributed by atoms with Gasteiger partial charge in [0.05, 0.1) is 13.2 Å². The summed E-state index contributed by atoms with van der Waals surface area (Å²) in [6, 6.07) is 17.3.